The number of aliphatic hydroxyl groups is 1. The molecule has 1 rings (SSSR count). The van der Waals surface area contributed by atoms with Crippen LogP contribution in [-0.4, -0.2) is 43.6 Å². The van der Waals surface area contributed by atoms with Gasteiger partial charge in [-0.15, -0.1) is 0 Å². The van der Waals surface area contributed by atoms with E-state index in [2.05, 4.69) is 4.98 Å². The Hall–Kier alpha value is -2.48. The topological polar surface area (TPSA) is 145 Å². The maximum absolute atomic E-state index is 10.6. The number of carboxylic acids is 2. The highest BCUT2D eigenvalue weighted by Crippen LogP contribution is 2.22. The predicted molar refractivity (Wildman–Crippen MR) is 61.9 cm³/mol. The van der Waals surface area contributed by atoms with Crippen molar-refractivity contribution in [3.05, 3.63) is 23.0 Å². The predicted octanol–water partition coefficient (Wildman–Crippen LogP) is -0.190. The lowest BCUT2D eigenvalue weighted by Crippen LogP contribution is -2.09. The lowest BCUT2D eigenvalue weighted by atomic mass is 10.1. The molecular weight excluding hydrogens is 258 g/mol. The fourth-order valence-electron chi connectivity index (χ4n) is 1.11. The minimum atomic E-state index is -1.82. The molecule has 0 atom stereocenters. The zero-order chi connectivity index (χ0) is 15.0. The number of hydrogen-bond acceptors (Lipinski definition) is 6. The second-order valence-electron chi connectivity index (χ2n) is 3.23. The molecule has 0 unspecified atom stereocenters. The van der Waals surface area contributed by atoms with E-state index < -0.39 is 11.9 Å². The lowest BCUT2D eigenvalue weighted by molar-refractivity contribution is -0.159. The van der Waals surface area contributed by atoms with Gasteiger partial charge in [0.05, 0.1) is 17.9 Å². The number of aromatic nitrogens is 1. The highest BCUT2D eigenvalue weighted by Gasteiger charge is 2.11. The first-order chi connectivity index (χ1) is 8.88. The van der Waals surface area contributed by atoms with Crippen LogP contribution in [0.1, 0.15) is 28.5 Å². The third-order valence-corrected chi connectivity index (χ3v) is 2.06. The van der Waals surface area contributed by atoms with Crippen LogP contribution < -0.4 is 0 Å². The number of nitrogens with zero attached hydrogens (tertiary/aromatic N) is 1. The van der Waals surface area contributed by atoms with E-state index in [1.165, 1.54) is 6.20 Å². The van der Waals surface area contributed by atoms with Gasteiger partial charge in [-0.25, -0.2) is 9.59 Å². The molecule has 0 radical (unpaired) electrons. The van der Waals surface area contributed by atoms with Gasteiger partial charge in [0.1, 0.15) is 5.75 Å². The van der Waals surface area contributed by atoms with E-state index in [9.17, 15) is 9.90 Å². The highest BCUT2D eigenvalue weighted by atomic mass is 16.4. The van der Waals surface area contributed by atoms with Gasteiger partial charge in [-0.2, -0.15) is 0 Å². The third kappa shape index (κ3) is 4.72. The largest absolute Gasteiger partial charge is 0.505 e. The summed E-state index contributed by atoms with van der Waals surface area (Å²) in [6.07, 6.45) is 2.49. The first kappa shape index (κ1) is 16.5. The van der Waals surface area contributed by atoms with Crippen LogP contribution in [-0.2, 0) is 22.6 Å². The molecule has 0 aliphatic rings. The number of aromatic hydroxyl groups is 1. The summed E-state index contributed by atoms with van der Waals surface area (Å²) in [6.45, 7) is 1.54. The molecule has 0 saturated carbocycles. The van der Waals surface area contributed by atoms with Crippen molar-refractivity contribution in [3.63, 3.8) is 0 Å². The fourth-order valence-corrected chi connectivity index (χ4v) is 1.11. The molecule has 8 heteroatoms. The van der Waals surface area contributed by atoms with Crippen molar-refractivity contribution in [2.75, 3.05) is 0 Å². The number of hydrogen-bond donors (Lipinski definition) is 4. The number of carbonyl (C=O) groups excluding carboxylic acids is 1. The molecule has 0 aliphatic carbocycles. The SMILES string of the molecule is CCc1ncc(CO)c(C=O)c1O.O=C(O)C(=O)O. The summed E-state index contributed by atoms with van der Waals surface area (Å²) in [4.78, 5) is 32.7. The Morgan fingerprint density at radius 1 is 1.32 bits per heavy atom. The summed E-state index contributed by atoms with van der Waals surface area (Å²) in [5.74, 6) is -3.77. The van der Waals surface area contributed by atoms with Gasteiger partial charge in [0.25, 0.3) is 0 Å². The summed E-state index contributed by atoms with van der Waals surface area (Å²) in [5, 5.41) is 33.1. The van der Waals surface area contributed by atoms with Gasteiger partial charge in [-0.05, 0) is 6.42 Å². The summed E-state index contributed by atoms with van der Waals surface area (Å²) in [5.41, 5.74) is 0.957. The number of aryl methyl sites for hydroxylation is 1. The van der Waals surface area contributed by atoms with E-state index in [4.69, 9.17) is 24.9 Å². The molecular formula is C11H13NO7. The Labute approximate surface area is 108 Å². The summed E-state index contributed by atoms with van der Waals surface area (Å²) < 4.78 is 0. The monoisotopic (exact) mass is 271 g/mol. The smallest absolute Gasteiger partial charge is 0.414 e. The summed E-state index contributed by atoms with van der Waals surface area (Å²) >= 11 is 0. The van der Waals surface area contributed by atoms with Crippen molar-refractivity contribution in [3.8, 4) is 5.75 Å². The van der Waals surface area contributed by atoms with Crippen LogP contribution in [0.5, 0.6) is 5.75 Å². The molecule has 1 aromatic heterocycles. The molecule has 104 valence electrons. The van der Waals surface area contributed by atoms with Crippen molar-refractivity contribution in [1.29, 1.82) is 0 Å². The molecule has 0 spiro atoms. The zero-order valence-corrected chi connectivity index (χ0v) is 10.0. The number of aliphatic hydroxyl groups excluding tert-OH is 1. The average molecular weight is 271 g/mol. The number of rotatable bonds is 3. The second-order valence-corrected chi connectivity index (χ2v) is 3.23. The molecule has 0 amide bonds. The molecule has 0 aliphatic heterocycles. The van der Waals surface area contributed by atoms with Gasteiger partial charge < -0.3 is 20.4 Å². The van der Waals surface area contributed by atoms with E-state index in [1.807, 2.05) is 6.92 Å². The van der Waals surface area contributed by atoms with E-state index in [-0.39, 0.29) is 17.9 Å². The van der Waals surface area contributed by atoms with E-state index in [1.54, 1.807) is 0 Å². The Kier molecular flexibility index (Phi) is 6.76. The van der Waals surface area contributed by atoms with Crippen LogP contribution in [0.25, 0.3) is 0 Å². The highest BCUT2D eigenvalue weighted by molar-refractivity contribution is 6.27. The average Bonchev–Trinajstić information content (AvgIpc) is 2.38. The van der Waals surface area contributed by atoms with Gasteiger partial charge in [-0.3, -0.25) is 9.78 Å². The van der Waals surface area contributed by atoms with Crippen molar-refractivity contribution >= 4 is 18.2 Å². The van der Waals surface area contributed by atoms with Crippen molar-refractivity contribution in [1.82, 2.24) is 4.98 Å². The first-order valence-electron chi connectivity index (χ1n) is 5.10. The molecule has 0 fully saturated rings. The standard InChI is InChI=1S/C9H11NO3.C2H2O4/c1-2-8-9(13)7(5-12)6(4-11)3-10-8;3-1(4)2(5)6/h3,5,11,13H,2,4H2,1H3;(H,3,4)(H,5,6). The van der Waals surface area contributed by atoms with Gasteiger partial charge in [-0.1, -0.05) is 6.92 Å². The molecule has 0 bridgehead atoms. The number of pyridine rings is 1. The van der Waals surface area contributed by atoms with Crippen molar-refractivity contribution in [2.24, 2.45) is 0 Å². The molecule has 0 aromatic carbocycles. The van der Waals surface area contributed by atoms with E-state index in [0.717, 1.165) is 0 Å². The maximum Gasteiger partial charge on any atom is 0.414 e. The molecule has 19 heavy (non-hydrogen) atoms. The summed E-state index contributed by atoms with van der Waals surface area (Å²) in [7, 11) is 0. The van der Waals surface area contributed by atoms with Gasteiger partial charge in [0.15, 0.2) is 6.29 Å². The van der Waals surface area contributed by atoms with Crippen LogP contribution in [0.15, 0.2) is 6.20 Å². The number of aldehydes is 1. The molecule has 4 N–H and O–H groups in total. The van der Waals surface area contributed by atoms with Crippen LogP contribution in [0.2, 0.25) is 0 Å². The molecule has 8 nitrogen and oxygen atoms in total. The lowest BCUT2D eigenvalue weighted by Gasteiger charge is -2.06. The van der Waals surface area contributed by atoms with E-state index >= 15 is 0 Å². The van der Waals surface area contributed by atoms with Crippen LogP contribution >= 0.6 is 0 Å². The Bertz CT molecular complexity index is 472. The van der Waals surface area contributed by atoms with Crippen molar-refractivity contribution < 1.29 is 34.8 Å². The normalized spacial score (nSPS) is 9.16. The molecule has 1 aromatic rings. The van der Waals surface area contributed by atoms with Crippen LogP contribution in [0.3, 0.4) is 0 Å². The number of carboxylic acid groups (broad SMARTS) is 2. The summed E-state index contributed by atoms with van der Waals surface area (Å²) in [6, 6.07) is 0. The van der Waals surface area contributed by atoms with Crippen molar-refractivity contribution in [2.45, 2.75) is 20.0 Å². The van der Waals surface area contributed by atoms with Gasteiger partial charge >= 0.3 is 11.9 Å². The Morgan fingerprint density at radius 2 is 1.84 bits per heavy atom. The Balaban J connectivity index is 0.000000459. The second kappa shape index (κ2) is 7.77. The van der Waals surface area contributed by atoms with E-state index in [0.29, 0.717) is 24.0 Å². The van der Waals surface area contributed by atoms with Crippen LogP contribution in [0.4, 0.5) is 0 Å². The Morgan fingerprint density at radius 3 is 2.16 bits per heavy atom. The number of aliphatic carboxylic acids is 2. The van der Waals surface area contributed by atoms with Gasteiger partial charge in [0.2, 0.25) is 0 Å². The minimum absolute atomic E-state index is 0.121. The van der Waals surface area contributed by atoms with Gasteiger partial charge in [0, 0.05) is 11.8 Å². The fraction of sp³-hybridized carbons (Fsp3) is 0.273. The van der Waals surface area contributed by atoms with Crippen LogP contribution in [0, 0.1) is 0 Å². The minimum Gasteiger partial charge on any atom is -0.505 e. The molecule has 0 saturated heterocycles. The first-order valence-corrected chi connectivity index (χ1v) is 5.10. The quantitative estimate of drug-likeness (QED) is 0.437. The molecule has 1 heterocycles. The maximum atomic E-state index is 10.6. The number of carbonyl (C=O) groups is 3. The third-order valence-electron chi connectivity index (χ3n) is 2.06. The zero-order valence-electron chi connectivity index (χ0n) is 10.0.